The average molecular weight is 486 g/mol. The molecule has 0 fully saturated rings. The van der Waals surface area contributed by atoms with E-state index in [-0.39, 0.29) is 4.68 Å². The fourth-order valence-electron chi connectivity index (χ4n) is 2.17. The van der Waals surface area contributed by atoms with Gasteiger partial charge in [-0.25, -0.2) is 8.42 Å². The summed E-state index contributed by atoms with van der Waals surface area (Å²) < 4.78 is 106. The number of halogens is 8. The highest BCUT2D eigenvalue weighted by molar-refractivity contribution is 7.92. The Kier molecular flexibility index (Phi) is 5.77. The van der Waals surface area contributed by atoms with Crippen LogP contribution in [0.25, 0.3) is 5.69 Å². The summed E-state index contributed by atoms with van der Waals surface area (Å²) in [5.74, 6) is -2.89. The van der Waals surface area contributed by atoms with Gasteiger partial charge in [-0.2, -0.15) is 36.1 Å². The van der Waals surface area contributed by atoms with E-state index in [0.717, 1.165) is 7.11 Å². The summed E-state index contributed by atoms with van der Waals surface area (Å²) in [6.45, 7) is 0. The number of carbonyl (C=O) groups excluding carboxylic acids is 1. The van der Waals surface area contributed by atoms with Crippen molar-refractivity contribution >= 4 is 38.9 Å². The normalized spacial score (nSPS) is 12.9. The van der Waals surface area contributed by atoms with Gasteiger partial charge in [-0.05, 0) is 12.1 Å². The molecule has 0 bridgehead atoms. The van der Waals surface area contributed by atoms with E-state index in [2.05, 4.69) is 9.84 Å². The molecule has 7 nitrogen and oxygen atoms in total. The number of nitrogens with two attached hydrogens (primary N) is 1. The minimum atomic E-state index is -6.21. The lowest BCUT2D eigenvalue weighted by Crippen LogP contribution is -2.26. The van der Waals surface area contributed by atoms with Gasteiger partial charge in [-0.15, -0.1) is 0 Å². The van der Waals surface area contributed by atoms with Crippen LogP contribution in [0.4, 0.5) is 26.3 Å². The van der Waals surface area contributed by atoms with Crippen molar-refractivity contribution in [2.45, 2.75) is 16.6 Å². The van der Waals surface area contributed by atoms with Crippen molar-refractivity contribution in [3.8, 4) is 11.6 Å². The zero-order valence-electron chi connectivity index (χ0n) is 13.7. The Balaban J connectivity index is 2.94. The average Bonchev–Trinajstić information content (AvgIpc) is 2.92. The van der Waals surface area contributed by atoms with Gasteiger partial charge in [0.15, 0.2) is 10.6 Å². The Labute approximate surface area is 167 Å². The first-order chi connectivity index (χ1) is 13.0. The third kappa shape index (κ3) is 3.96. The summed E-state index contributed by atoms with van der Waals surface area (Å²) in [5, 5.41) is 1.77. The Morgan fingerprint density at radius 3 is 1.97 bits per heavy atom. The number of hydrogen-bond donors (Lipinski definition) is 1. The monoisotopic (exact) mass is 485 g/mol. The van der Waals surface area contributed by atoms with Crippen molar-refractivity contribution in [1.82, 2.24) is 9.78 Å². The predicted octanol–water partition coefficient (Wildman–Crippen LogP) is 3.60. The number of carbonyl (C=O) groups is 1. The van der Waals surface area contributed by atoms with Crippen LogP contribution < -0.4 is 10.5 Å². The summed E-state index contributed by atoms with van der Waals surface area (Å²) in [6, 6.07) is 0.734. The highest BCUT2D eigenvalue weighted by atomic mass is 35.5. The van der Waals surface area contributed by atoms with Gasteiger partial charge in [0.1, 0.15) is 5.69 Å². The van der Waals surface area contributed by atoms with Crippen LogP contribution in [-0.2, 0) is 16.0 Å². The topological polar surface area (TPSA) is 104 Å². The molecular formula is C13H7Cl2F6N3O4S. The van der Waals surface area contributed by atoms with Gasteiger partial charge in [0.05, 0.1) is 22.7 Å². The van der Waals surface area contributed by atoms with E-state index >= 15 is 0 Å². The summed E-state index contributed by atoms with van der Waals surface area (Å²) in [7, 11) is -5.49. The van der Waals surface area contributed by atoms with E-state index in [0.29, 0.717) is 12.1 Å². The Morgan fingerprint density at radius 2 is 1.62 bits per heavy atom. The van der Waals surface area contributed by atoms with Crippen LogP contribution in [-0.4, -0.2) is 36.7 Å². The Hall–Kier alpha value is -2.19. The van der Waals surface area contributed by atoms with Crippen LogP contribution in [0.1, 0.15) is 16.1 Å². The molecule has 1 aromatic heterocycles. The van der Waals surface area contributed by atoms with Gasteiger partial charge in [0, 0.05) is 0 Å². The van der Waals surface area contributed by atoms with Gasteiger partial charge in [-0.1, -0.05) is 23.2 Å². The molecule has 2 aromatic rings. The molecule has 0 atom stereocenters. The van der Waals surface area contributed by atoms with Gasteiger partial charge in [0.2, 0.25) is 5.88 Å². The summed E-state index contributed by atoms with van der Waals surface area (Å²) in [4.78, 5) is 9.76. The molecule has 1 heterocycles. The van der Waals surface area contributed by atoms with Gasteiger partial charge >= 0.3 is 11.7 Å². The molecule has 2 N–H and O–H groups in total. The smallest absolute Gasteiger partial charge is 0.480 e. The van der Waals surface area contributed by atoms with Crippen molar-refractivity contribution in [1.29, 1.82) is 0 Å². The van der Waals surface area contributed by atoms with E-state index in [1.54, 1.807) is 0 Å². The Morgan fingerprint density at radius 1 is 1.14 bits per heavy atom. The maximum absolute atomic E-state index is 13.0. The number of primary amides is 1. The molecular weight excluding hydrogens is 479 g/mol. The van der Waals surface area contributed by atoms with E-state index in [4.69, 9.17) is 28.9 Å². The van der Waals surface area contributed by atoms with Gasteiger partial charge in [0.25, 0.3) is 15.7 Å². The first-order valence-corrected chi connectivity index (χ1v) is 9.12. The minimum absolute atomic E-state index is 0.240. The molecule has 0 spiro atoms. The number of sulfone groups is 1. The molecule has 2 rings (SSSR count). The highest BCUT2D eigenvalue weighted by Crippen LogP contribution is 2.42. The maximum atomic E-state index is 13.0. The molecule has 0 aliphatic heterocycles. The molecule has 29 heavy (non-hydrogen) atoms. The molecule has 160 valence electrons. The van der Waals surface area contributed by atoms with Crippen molar-refractivity contribution in [3.05, 3.63) is 33.4 Å². The van der Waals surface area contributed by atoms with Crippen molar-refractivity contribution in [2.24, 2.45) is 5.73 Å². The molecule has 0 aliphatic carbocycles. The van der Waals surface area contributed by atoms with Gasteiger partial charge < -0.3 is 10.5 Å². The third-order valence-electron chi connectivity index (χ3n) is 3.36. The summed E-state index contributed by atoms with van der Waals surface area (Å²) >= 11 is 11.5. The van der Waals surface area contributed by atoms with Crippen LogP contribution in [0.5, 0.6) is 5.88 Å². The van der Waals surface area contributed by atoms with Crippen molar-refractivity contribution < 1.29 is 44.3 Å². The number of amides is 1. The molecule has 0 unspecified atom stereocenters. The fraction of sp³-hybridized carbons (Fsp3) is 0.231. The highest BCUT2D eigenvalue weighted by Gasteiger charge is 2.52. The number of alkyl halides is 6. The summed E-state index contributed by atoms with van der Waals surface area (Å²) in [5.41, 5.74) is -4.34. The zero-order chi connectivity index (χ0) is 22.5. The molecule has 0 radical (unpaired) electrons. The maximum Gasteiger partial charge on any atom is 0.502 e. The summed E-state index contributed by atoms with van der Waals surface area (Å²) in [6.07, 6.45) is -4.87. The van der Waals surface area contributed by atoms with Crippen LogP contribution in [0.15, 0.2) is 17.0 Å². The molecule has 16 heteroatoms. The van der Waals surface area contributed by atoms with Crippen LogP contribution >= 0.6 is 23.2 Å². The SMILES string of the molecule is COc1c(S(=O)(=O)C(F)(F)F)c(C(N)=O)nn1-c1c(Cl)cc(C(F)(F)F)cc1Cl. The number of benzene rings is 1. The van der Waals surface area contributed by atoms with E-state index in [9.17, 15) is 39.6 Å². The quantitative estimate of drug-likeness (QED) is 0.666. The van der Waals surface area contributed by atoms with Gasteiger partial charge in [-0.3, -0.25) is 4.79 Å². The second-order valence-corrected chi connectivity index (χ2v) is 7.89. The second-order valence-electron chi connectivity index (χ2n) is 5.20. The first-order valence-electron chi connectivity index (χ1n) is 6.88. The number of methoxy groups -OCH3 is 1. The molecule has 1 amide bonds. The molecule has 0 saturated carbocycles. The third-order valence-corrected chi connectivity index (χ3v) is 5.45. The first kappa shape index (κ1) is 23.1. The van der Waals surface area contributed by atoms with Crippen LogP contribution in [0.3, 0.4) is 0 Å². The number of nitrogens with zero attached hydrogens (tertiary/aromatic N) is 2. The second kappa shape index (κ2) is 7.25. The fourth-order valence-corrected chi connectivity index (χ4v) is 3.84. The molecule has 1 aromatic carbocycles. The van der Waals surface area contributed by atoms with Crippen LogP contribution in [0.2, 0.25) is 10.0 Å². The van der Waals surface area contributed by atoms with E-state index in [1.165, 1.54) is 0 Å². The number of aromatic nitrogens is 2. The standard InChI is InChI=1S/C13H7Cl2F6N3O4S/c1-28-11-9(29(26,27)13(19,20)21)7(10(22)25)23-24(11)8-5(14)2-4(3-6(8)15)12(16,17)18/h2-3H,1H3,(H2,22,25). The zero-order valence-corrected chi connectivity index (χ0v) is 16.0. The molecule has 0 saturated heterocycles. The van der Waals surface area contributed by atoms with Crippen molar-refractivity contribution in [2.75, 3.05) is 7.11 Å². The number of rotatable bonds is 4. The molecule has 0 aliphatic rings. The Bertz CT molecular complexity index is 1070. The van der Waals surface area contributed by atoms with E-state index < -0.39 is 65.2 Å². The number of hydrogen-bond acceptors (Lipinski definition) is 5. The lowest BCUT2D eigenvalue weighted by atomic mass is 10.2. The van der Waals surface area contributed by atoms with Crippen LogP contribution in [0, 0.1) is 0 Å². The van der Waals surface area contributed by atoms with Crippen molar-refractivity contribution in [3.63, 3.8) is 0 Å². The van der Waals surface area contributed by atoms with E-state index in [1.807, 2.05) is 0 Å². The lowest BCUT2D eigenvalue weighted by molar-refractivity contribution is -0.137. The largest absolute Gasteiger partial charge is 0.502 e. The lowest BCUT2D eigenvalue weighted by Gasteiger charge is -2.14. The predicted molar refractivity (Wildman–Crippen MR) is 86.9 cm³/mol. The number of ether oxygens (including phenoxy) is 1. The minimum Gasteiger partial charge on any atom is -0.480 e.